The Labute approximate surface area is 351 Å². The van der Waals surface area contributed by atoms with Gasteiger partial charge in [0.15, 0.2) is 0 Å². The standard InChI is InChI=1S/C48H88NO7P/c1-3-5-7-9-11-13-15-17-19-21-23-25-27-29-31-33-35-37-39-41-48(50)56-47(46-55-57(51,52)54-44-42-49)45-53-43-40-38-36-34-32-30-28-26-24-22-20-18-16-14-12-10-8-6-4-2/h5,7,11,13,17,19-20,22-23,25,47H,3-4,6,8-10,12,14-16,18,21,24,26-46,49H2,1-2H3,(H,51,52)/b7-5-,13-11-,19-17-,22-20-,25-23-. The molecule has 0 aliphatic carbocycles. The summed E-state index contributed by atoms with van der Waals surface area (Å²) in [4.78, 5) is 22.5. The van der Waals surface area contributed by atoms with Gasteiger partial charge in [-0.25, -0.2) is 4.57 Å². The number of hydrogen-bond acceptors (Lipinski definition) is 7. The van der Waals surface area contributed by atoms with Crippen LogP contribution in [0.2, 0.25) is 0 Å². The minimum Gasteiger partial charge on any atom is -0.457 e. The van der Waals surface area contributed by atoms with Crippen molar-refractivity contribution in [3.8, 4) is 0 Å². The Kier molecular flexibility index (Phi) is 43.9. The van der Waals surface area contributed by atoms with Crippen molar-refractivity contribution in [3.63, 3.8) is 0 Å². The lowest BCUT2D eigenvalue weighted by molar-refractivity contribution is -0.154. The highest BCUT2D eigenvalue weighted by Gasteiger charge is 2.25. The van der Waals surface area contributed by atoms with E-state index in [-0.39, 0.29) is 32.3 Å². The third-order valence-electron chi connectivity index (χ3n) is 9.67. The highest BCUT2D eigenvalue weighted by Crippen LogP contribution is 2.43. The number of phosphoric ester groups is 1. The molecule has 0 spiro atoms. The minimum absolute atomic E-state index is 0.0950. The molecule has 0 saturated heterocycles. The molecular formula is C48H88NO7P. The van der Waals surface area contributed by atoms with Crippen LogP contribution in [0.3, 0.4) is 0 Å². The van der Waals surface area contributed by atoms with E-state index >= 15 is 0 Å². The summed E-state index contributed by atoms with van der Waals surface area (Å²) in [6.45, 7) is 4.79. The first kappa shape index (κ1) is 55.2. The van der Waals surface area contributed by atoms with E-state index in [4.69, 9.17) is 24.3 Å². The maximum atomic E-state index is 12.6. The van der Waals surface area contributed by atoms with E-state index in [9.17, 15) is 14.3 Å². The van der Waals surface area contributed by atoms with Crippen LogP contribution < -0.4 is 5.73 Å². The fraction of sp³-hybridized carbons (Fsp3) is 0.771. The normalized spacial score (nSPS) is 14.0. The maximum Gasteiger partial charge on any atom is 0.472 e. The van der Waals surface area contributed by atoms with Crippen molar-refractivity contribution >= 4 is 13.8 Å². The van der Waals surface area contributed by atoms with E-state index in [2.05, 4.69) is 74.6 Å². The summed E-state index contributed by atoms with van der Waals surface area (Å²) < 4.78 is 33.5. The molecule has 0 aromatic rings. The summed E-state index contributed by atoms with van der Waals surface area (Å²) in [7, 11) is -4.29. The smallest absolute Gasteiger partial charge is 0.457 e. The Hall–Kier alpha value is -1.80. The number of allylic oxidation sites excluding steroid dienone is 10. The molecule has 332 valence electrons. The van der Waals surface area contributed by atoms with Crippen LogP contribution in [0.25, 0.3) is 0 Å². The molecule has 8 nitrogen and oxygen atoms in total. The topological polar surface area (TPSA) is 117 Å². The lowest BCUT2D eigenvalue weighted by Crippen LogP contribution is -2.28. The molecule has 0 bridgehead atoms. The zero-order valence-electron chi connectivity index (χ0n) is 36.8. The molecule has 57 heavy (non-hydrogen) atoms. The number of carbonyl (C=O) groups excluding carboxylic acids is 1. The molecule has 0 aliphatic rings. The number of esters is 1. The second-order valence-corrected chi connectivity index (χ2v) is 16.7. The van der Waals surface area contributed by atoms with Gasteiger partial charge in [-0.15, -0.1) is 0 Å². The average Bonchev–Trinajstić information content (AvgIpc) is 3.20. The van der Waals surface area contributed by atoms with Gasteiger partial charge in [0.25, 0.3) is 0 Å². The minimum atomic E-state index is -4.29. The number of phosphoric acid groups is 1. The second-order valence-electron chi connectivity index (χ2n) is 15.2. The number of carbonyl (C=O) groups is 1. The van der Waals surface area contributed by atoms with Gasteiger partial charge < -0.3 is 20.1 Å². The van der Waals surface area contributed by atoms with Gasteiger partial charge in [-0.3, -0.25) is 13.8 Å². The molecule has 0 aliphatic heterocycles. The van der Waals surface area contributed by atoms with Gasteiger partial charge in [-0.05, 0) is 77.0 Å². The molecule has 2 atom stereocenters. The van der Waals surface area contributed by atoms with Crippen LogP contribution in [0.15, 0.2) is 60.8 Å². The first-order valence-corrected chi connectivity index (χ1v) is 24.8. The molecule has 0 radical (unpaired) electrons. The Bertz CT molecular complexity index is 1060. The van der Waals surface area contributed by atoms with Crippen molar-refractivity contribution in [2.24, 2.45) is 5.73 Å². The van der Waals surface area contributed by atoms with E-state index in [0.717, 1.165) is 70.6 Å². The first-order valence-electron chi connectivity index (χ1n) is 23.3. The monoisotopic (exact) mass is 822 g/mol. The molecule has 0 fully saturated rings. The van der Waals surface area contributed by atoms with Crippen LogP contribution in [0.1, 0.15) is 200 Å². The highest BCUT2D eigenvalue weighted by atomic mass is 31.2. The summed E-state index contributed by atoms with van der Waals surface area (Å²) in [5, 5.41) is 0. The first-order chi connectivity index (χ1) is 27.9. The van der Waals surface area contributed by atoms with Crippen LogP contribution in [0.4, 0.5) is 0 Å². The van der Waals surface area contributed by atoms with E-state index in [1.54, 1.807) is 0 Å². The van der Waals surface area contributed by atoms with Crippen LogP contribution in [-0.4, -0.2) is 49.9 Å². The largest absolute Gasteiger partial charge is 0.472 e. The van der Waals surface area contributed by atoms with Gasteiger partial charge in [0.05, 0.1) is 19.8 Å². The van der Waals surface area contributed by atoms with Crippen molar-refractivity contribution in [2.75, 3.05) is 33.0 Å². The van der Waals surface area contributed by atoms with Gasteiger partial charge in [-0.2, -0.15) is 0 Å². The summed E-state index contributed by atoms with van der Waals surface area (Å²) in [6, 6.07) is 0. The van der Waals surface area contributed by atoms with E-state index in [1.807, 2.05) is 0 Å². The Balaban J connectivity index is 4.03. The Morgan fingerprint density at radius 1 is 0.544 bits per heavy atom. The molecule has 0 rings (SSSR count). The fourth-order valence-electron chi connectivity index (χ4n) is 6.28. The number of nitrogens with two attached hydrogens (primary N) is 1. The van der Waals surface area contributed by atoms with Crippen molar-refractivity contribution in [2.45, 2.75) is 206 Å². The molecule has 2 unspecified atom stereocenters. The van der Waals surface area contributed by atoms with E-state index < -0.39 is 13.9 Å². The molecule has 9 heteroatoms. The fourth-order valence-corrected chi connectivity index (χ4v) is 7.04. The lowest BCUT2D eigenvalue weighted by atomic mass is 10.1. The van der Waals surface area contributed by atoms with Gasteiger partial charge >= 0.3 is 13.8 Å². The number of ether oxygens (including phenoxy) is 2. The van der Waals surface area contributed by atoms with Gasteiger partial charge in [-0.1, -0.05) is 177 Å². The van der Waals surface area contributed by atoms with E-state index in [0.29, 0.717) is 13.0 Å². The zero-order chi connectivity index (χ0) is 41.6. The van der Waals surface area contributed by atoms with Crippen molar-refractivity contribution < 1.29 is 32.8 Å². The van der Waals surface area contributed by atoms with Crippen LogP contribution in [0.5, 0.6) is 0 Å². The molecular weight excluding hydrogens is 734 g/mol. The summed E-state index contributed by atoms with van der Waals surface area (Å²) in [5.41, 5.74) is 5.38. The molecule has 0 aromatic carbocycles. The highest BCUT2D eigenvalue weighted by molar-refractivity contribution is 7.47. The van der Waals surface area contributed by atoms with Crippen LogP contribution >= 0.6 is 7.82 Å². The number of unbranched alkanes of at least 4 members (excludes halogenated alkanes) is 21. The molecule has 0 heterocycles. The summed E-state index contributed by atoms with van der Waals surface area (Å²) in [5.74, 6) is -0.346. The maximum absolute atomic E-state index is 12.6. The van der Waals surface area contributed by atoms with Gasteiger partial charge in [0.1, 0.15) is 6.10 Å². The van der Waals surface area contributed by atoms with Crippen LogP contribution in [-0.2, 0) is 27.9 Å². The lowest BCUT2D eigenvalue weighted by Gasteiger charge is -2.20. The number of rotatable bonds is 44. The average molecular weight is 822 g/mol. The zero-order valence-corrected chi connectivity index (χ0v) is 37.7. The quantitative estimate of drug-likeness (QED) is 0.0270. The van der Waals surface area contributed by atoms with Crippen molar-refractivity contribution in [1.29, 1.82) is 0 Å². The molecule has 0 aromatic heterocycles. The Morgan fingerprint density at radius 3 is 1.49 bits per heavy atom. The van der Waals surface area contributed by atoms with Gasteiger partial charge in [0.2, 0.25) is 0 Å². The molecule has 0 saturated carbocycles. The summed E-state index contributed by atoms with van der Waals surface area (Å²) >= 11 is 0. The second kappa shape index (κ2) is 45.3. The molecule has 3 N–H and O–H groups in total. The van der Waals surface area contributed by atoms with E-state index in [1.165, 1.54) is 109 Å². The Morgan fingerprint density at radius 2 is 0.982 bits per heavy atom. The molecule has 0 amide bonds. The predicted molar refractivity (Wildman–Crippen MR) is 242 cm³/mol. The van der Waals surface area contributed by atoms with Crippen molar-refractivity contribution in [1.82, 2.24) is 0 Å². The third-order valence-corrected chi connectivity index (χ3v) is 10.7. The predicted octanol–water partition coefficient (Wildman–Crippen LogP) is 14.1. The van der Waals surface area contributed by atoms with Crippen molar-refractivity contribution in [3.05, 3.63) is 60.8 Å². The third kappa shape index (κ3) is 45.1. The van der Waals surface area contributed by atoms with Gasteiger partial charge in [0, 0.05) is 19.6 Å². The SMILES string of the molecule is CC/C=C\C/C=C\C/C=C\C/C=C\CCCCCCCCC(=O)OC(COCCCCCCCCCC/C=C\CCCCCCCCC)COP(=O)(O)OCCN. The number of hydrogen-bond donors (Lipinski definition) is 2. The summed E-state index contributed by atoms with van der Waals surface area (Å²) in [6.07, 6.45) is 55.2. The van der Waals surface area contributed by atoms with Crippen LogP contribution in [0, 0.1) is 0 Å².